The Labute approximate surface area is 216 Å². The molecule has 14 N–H and O–H groups in total. The van der Waals surface area contributed by atoms with Crippen molar-refractivity contribution in [3.8, 4) is 0 Å². The molecule has 0 aromatic heterocycles. The van der Waals surface area contributed by atoms with Gasteiger partial charge >= 0.3 is 10.4 Å². The molecule has 0 aromatic rings. The zero-order valence-electron chi connectivity index (χ0n) is 19.8. The van der Waals surface area contributed by atoms with Crippen molar-refractivity contribution in [2.75, 3.05) is 19.8 Å². The third-order valence-electron chi connectivity index (χ3n) is 6.53. The number of aliphatic hydroxyl groups is 7. The molecule has 38 heavy (non-hydrogen) atoms. The van der Waals surface area contributed by atoms with Gasteiger partial charge in [-0.1, -0.05) is 0 Å². The van der Waals surface area contributed by atoms with Crippen LogP contribution in [-0.4, -0.2) is 160 Å². The largest absolute Gasteiger partial charge is 0.397 e. The van der Waals surface area contributed by atoms with Gasteiger partial charge in [-0.05, 0) is 0 Å². The van der Waals surface area contributed by atoms with E-state index in [2.05, 4.69) is 4.18 Å². The van der Waals surface area contributed by atoms with Gasteiger partial charge in [-0.15, -0.1) is 0 Å². The highest BCUT2D eigenvalue weighted by molar-refractivity contribution is 7.80. The maximum Gasteiger partial charge on any atom is 0.397 e. The van der Waals surface area contributed by atoms with E-state index < -0.39 is 122 Å². The van der Waals surface area contributed by atoms with Crippen LogP contribution in [0.3, 0.4) is 0 Å². The Morgan fingerprint density at radius 3 is 1.61 bits per heavy atom. The first kappa shape index (κ1) is 31.8. The lowest BCUT2D eigenvalue weighted by Crippen LogP contribution is -2.69. The Bertz CT molecular complexity index is 869. The number of aliphatic hydroxyl groups excluding tert-OH is 7. The van der Waals surface area contributed by atoms with Gasteiger partial charge in [0.25, 0.3) is 0 Å². The molecule has 0 amide bonds. The van der Waals surface area contributed by atoms with Gasteiger partial charge in [0.05, 0.1) is 37.9 Å². The molecular weight excluding hydrogens is 546 g/mol. The van der Waals surface area contributed by atoms with E-state index in [1.165, 1.54) is 0 Å². The normalized spacial score (nSPS) is 48.7. The molecule has 0 bridgehead atoms. The van der Waals surface area contributed by atoms with Gasteiger partial charge in [-0.3, -0.25) is 4.55 Å². The quantitative estimate of drug-likeness (QED) is 0.113. The minimum atomic E-state index is -4.92. The monoisotopic (exact) mass is 581 g/mol. The zero-order valence-corrected chi connectivity index (χ0v) is 20.6. The van der Waals surface area contributed by atoms with Crippen LogP contribution >= 0.6 is 0 Å². The van der Waals surface area contributed by atoms with Gasteiger partial charge in [-0.25, -0.2) is 4.18 Å². The molecule has 0 saturated carbocycles. The Kier molecular flexibility index (Phi) is 10.7. The minimum Gasteiger partial charge on any atom is -0.394 e. The van der Waals surface area contributed by atoms with Crippen molar-refractivity contribution < 1.29 is 76.6 Å². The number of rotatable bonds is 9. The topological polar surface area (TPSA) is 329 Å². The van der Waals surface area contributed by atoms with Crippen LogP contribution in [0.25, 0.3) is 0 Å². The first-order valence-electron chi connectivity index (χ1n) is 11.5. The summed E-state index contributed by atoms with van der Waals surface area (Å²) in [5.41, 5.74) is 17.6. The van der Waals surface area contributed by atoms with Gasteiger partial charge in [-0.2, -0.15) is 8.42 Å². The Hall–Kier alpha value is -0.730. The summed E-state index contributed by atoms with van der Waals surface area (Å²) in [6.07, 6.45) is -18.5. The molecule has 20 heteroatoms. The Morgan fingerprint density at radius 2 is 1.11 bits per heavy atom. The average molecular weight is 582 g/mol. The first-order valence-corrected chi connectivity index (χ1v) is 12.8. The summed E-state index contributed by atoms with van der Waals surface area (Å²) in [5, 5.41) is 70.8. The Morgan fingerprint density at radius 1 is 0.658 bits per heavy atom. The standard InChI is InChI=1S/C18H35N3O16S/c19-7-12(26)14(4(1-22)33-16(7)28)36-18-9(21)13(27)15(5(2-23)34-18)37-17-8(20)11(25)10(24)6(35-17)3-32-38(29,30)31/h4-18,22-28H,1-3,19-21H2,(H,29,30,31)/t4-,5-,6-,7-,8-,9-,10-,11-,12-,13-,14-,15-,16-,17+,18+/m1/s1. The number of hydrogen-bond acceptors (Lipinski definition) is 18. The van der Waals surface area contributed by atoms with Crippen LogP contribution in [0.1, 0.15) is 0 Å². The maximum absolute atomic E-state index is 10.9. The molecule has 3 aliphatic heterocycles. The summed E-state index contributed by atoms with van der Waals surface area (Å²) in [7, 11) is -4.92. The summed E-state index contributed by atoms with van der Waals surface area (Å²) in [5.74, 6) is 0. The van der Waals surface area contributed by atoms with Crippen LogP contribution in [-0.2, 0) is 38.3 Å². The fraction of sp³-hybridized carbons (Fsp3) is 1.00. The van der Waals surface area contributed by atoms with Crippen molar-refractivity contribution in [1.29, 1.82) is 0 Å². The lowest BCUT2D eigenvalue weighted by molar-refractivity contribution is -0.347. The lowest BCUT2D eigenvalue weighted by Gasteiger charge is -2.48. The van der Waals surface area contributed by atoms with Gasteiger partial charge in [0.1, 0.15) is 54.9 Å². The highest BCUT2D eigenvalue weighted by atomic mass is 32.3. The van der Waals surface area contributed by atoms with Gasteiger partial charge in [0.15, 0.2) is 18.9 Å². The molecule has 3 heterocycles. The maximum atomic E-state index is 10.9. The van der Waals surface area contributed by atoms with Crippen LogP contribution in [0.4, 0.5) is 0 Å². The minimum absolute atomic E-state index is 0.696. The van der Waals surface area contributed by atoms with Crippen molar-refractivity contribution in [2.24, 2.45) is 17.2 Å². The van der Waals surface area contributed by atoms with Gasteiger partial charge in [0.2, 0.25) is 0 Å². The molecule has 3 aliphatic rings. The highest BCUT2D eigenvalue weighted by Crippen LogP contribution is 2.31. The molecule has 3 fully saturated rings. The predicted molar refractivity (Wildman–Crippen MR) is 118 cm³/mol. The number of hydrogen-bond donors (Lipinski definition) is 11. The van der Waals surface area contributed by atoms with Gasteiger partial charge < -0.3 is 76.6 Å². The molecule has 0 spiro atoms. The summed E-state index contributed by atoms with van der Waals surface area (Å²) in [6, 6.07) is -4.19. The van der Waals surface area contributed by atoms with Crippen LogP contribution in [0.2, 0.25) is 0 Å². The molecule has 15 atom stereocenters. The van der Waals surface area contributed by atoms with E-state index in [1.54, 1.807) is 0 Å². The van der Waals surface area contributed by atoms with E-state index in [1.807, 2.05) is 0 Å². The van der Waals surface area contributed by atoms with E-state index in [-0.39, 0.29) is 0 Å². The fourth-order valence-corrected chi connectivity index (χ4v) is 4.63. The third kappa shape index (κ3) is 6.94. The van der Waals surface area contributed by atoms with Gasteiger partial charge in [0, 0.05) is 0 Å². The summed E-state index contributed by atoms with van der Waals surface area (Å²) in [6.45, 7) is -2.41. The summed E-state index contributed by atoms with van der Waals surface area (Å²) >= 11 is 0. The molecule has 0 unspecified atom stereocenters. The smallest absolute Gasteiger partial charge is 0.394 e. The molecule has 3 rings (SSSR count). The average Bonchev–Trinajstić information content (AvgIpc) is 2.86. The SMILES string of the molecule is N[C@@H]1[C@@H](O)[C@H](O[C@@H]2O[C@H](CO)[C@@H](O[C@@H]3O[C@H](COS(=O)(=O)O)[C@@H](O)[C@H](O)[C@H]3N)[C@H](O)[C@H]2N)[C@@H](CO)O[C@H]1O. The molecule has 0 radical (unpaired) electrons. The Balaban J connectivity index is 1.72. The molecule has 0 aliphatic carbocycles. The second-order valence-corrected chi connectivity index (χ2v) is 10.2. The van der Waals surface area contributed by atoms with E-state index in [0.29, 0.717) is 0 Å². The third-order valence-corrected chi connectivity index (χ3v) is 6.97. The number of ether oxygens (including phenoxy) is 5. The molecule has 0 aromatic carbocycles. The number of nitrogens with two attached hydrogens (primary N) is 3. The molecule has 3 saturated heterocycles. The summed E-state index contributed by atoms with van der Waals surface area (Å²) in [4.78, 5) is 0. The van der Waals surface area contributed by atoms with Crippen LogP contribution < -0.4 is 17.2 Å². The van der Waals surface area contributed by atoms with Crippen molar-refractivity contribution in [3.05, 3.63) is 0 Å². The van der Waals surface area contributed by atoms with E-state index >= 15 is 0 Å². The van der Waals surface area contributed by atoms with E-state index in [4.69, 9.17) is 45.4 Å². The lowest BCUT2D eigenvalue weighted by atomic mass is 9.94. The first-order chi connectivity index (χ1) is 17.7. The summed E-state index contributed by atoms with van der Waals surface area (Å²) < 4.78 is 62.0. The molecule has 19 nitrogen and oxygen atoms in total. The second-order valence-electron chi connectivity index (χ2n) is 9.12. The second kappa shape index (κ2) is 12.8. The van der Waals surface area contributed by atoms with Crippen molar-refractivity contribution >= 4 is 10.4 Å². The highest BCUT2D eigenvalue weighted by Gasteiger charge is 2.52. The van der Waals surface area contributed by atoms with Crippen molar-refractivity contribution in [1.82, 2.24) is 0 Å². The van der Waals surface area contributed by atoms with Crippen LogP contribution in [0.5, 0.6) is 0 Å². The van der Waals surface area contributed by atoms with E-state index in [9.17, 15) is 44.2 Å². The van der Waals surface area contributed by atoms with Crippen LogP contribution in [0.15, 0.2) is 0 Å². The van der Waals surface area contributed by atoms with Crippen LogP contribution in [0, 0.1) is 0 Å². The van der Waals surface area contributed by atoms with Crippen molar-refractivity contribution in [3.63, 3.8) is 0 Å². The predicted octanol–water partition coefficient (Wildman–Crippen LogP) is -7.85. The molecule has 224 valence electrons. The van der Waals surface area contributed by atoms with Crippen molar-refractivity contribution in [2.45, 2.75) is 91.9 Å². The van der Waals surface area contributed by atoms with E-state index in [0.717, 1.165) is 0 Å². The molecular formula is C18H35N3O16S. The zero-order chi connectivity index (χ0) is 28.5. The fourth-order valence-electron chi connectivity index (χ4n) is 4.32.